The summed E-state index contributed by atoms with van der Waals surface area (Å²) in [5, 5.41) is 0. The zero-order chi connectivity index (χ0) is 14.1. The highest BCUT2D eigenvalue weighted by Gasteiger charge is 2.13. The van der Waals surface area contributed by atoms with Gasteiger partial charge in [-0.3, -0.25) is 0 Å². The number of aryl methyl sites for hydroxylation is 2. The molecule has 1 aliphatic rings. The van der Waals surface area contributed by atoms with Crippen LogP contribution in [0.15, 0.2) is 46.2 Å². The van der Waals surface area contributed by atoms with E-state index >= 15 is 0 Å². The predicted molar refractivity (Wildman–Crippen MR) is 81.6 cm³/mol. The van der Waals surface area contributed by atoms with Crippen LogP contribution in [0.3, 0.4) is 0 Å². The summed E-state index contributed by atoms with van der Waals surface area (Å²) in [4.78, 5) is 2.25. The summed E-state index contributed by atoms with van der Waals surface area (Å²) in [6, 6.07) is 11.3. The highest BCUT2D eigenvalue weighted by Crippen LogP contribution is 2.35. The van der Waals surface area contributed by atoms with Gasteiger partial charge in [-0.05, 0) is 73.2 Å². The molecule has 1 nitrogen and oxygen atoms in total. The Labute approximate surface area is 123 Å². The van der Waals surface area contributed by atoms with Crippen molar-refractivity contribution in [2.24, 2.45) is 5.73 Å². The standard InChI is InChI=1S/C17H18FNS/c1-11(19)16-10-14(18)6-8-17(16)20-15-7-5-12-3-2-4-13(12)9-15/h5-11H,2-4,19H2,1H3/t11-/m1/s1. The van der Waals surface area contributed by atoms with E-state index in [1.807, 2.05) is 13.0 Å². The van der Waals surface area contributed by atoms with E-state index < -0.39 is 0 Å². The maximum atomic E-state index is 13.4. The van der Waals surface area contributed by atoms with Gasteiger partial charge in [0.2, 0.25) is 0 Å². The van der Waals surface area contributed by atoms with Gasteiger partial charge in [0.05, 0.1) is 0 Å². The Morgan fingerprint density at radius 2 is 1.90 bits per heavy atom. The van der Waals surface area contributed by atoms with Crippen LogP contribution in [0.2, 0.25) is 0 Å². The molecule has 3 heteroatoms. The summed E-state index contributed by atoms with van der Waals surface area (Å²) in [6.45, 7) is 1.89. The van der Waals surface area contributed by atoms with E-state index in [1.165, 1.54) is 41.4 Å². The molecule has 0 radical (unpaired) electrons. The first kappa shape index (κ1) is 13.7. The number of hydrogen-bond donors (Lipinski definition) is 1. The normalized spacial score (nSPS) is 15.2. The maximum Gasteiger partial charge on any atom is 0.123 e. The van der Waals surface area contributed by atoms with Crippen molar-refractivity contribution in [1.82, 2.24) is 0 Å². The Kier molecular flexibility index (Phi) is 3.81. The molecule has 0 fully saturated rings. The largest absolute Gasteiger partial charge is 0.324 e. The summed E-state index contributed by atoms with van der Waals surface area (Å²) in [6.07, 6.45) is 3.63. The molecular weight excluding hydrogens is 269 g/mol. The molecule has 1 atom stereocenters. The fourth-order valence-corrected chi connectivity index (χ4v) is 3.80. The zero-order valence-corrected chi connectivity index (χ0v) is 12.3. The van der Waals surface area contributed by atoms with E-state index in [1.54, 1.807) is 17.8 Å². The number of hydrogen-bond acceptors (Lipinski definition) is 2. The van der Waals surface area contributed by atoms with E-state index in [0.29, 0.717) is 0 Å². The molecule has 0 unspecified atom stereocenters. The average molecular weight is 287 g/mol. The molecule has 0 spiro atoms. The number of benzene rings is 2. The molecule has 0 amide bonds. The van der Waals surface area contributed by atoms with Crippen LogP contribution in [0.1, 0.15) is 36.1 Å². The van der Waals surface area contributed by atoms with Crippen molar-refractivity contribution in [3.05, 3.63) is 58.9 Å². The minimum absolute atomic E-state index is 0.164. The first-order valence-electron chi connectivity index (χ1n) is 6.98. The lowest BCUT2D eigenvalue weighted by molar-refractivity contribution is 0.619. The van der Waals surface area contributed by atoms with Gasteiger partial charge in [-0.15, -0.1) is 0 Å². The third-order valence-electron chi connectivity index (χ3n) is 3.76. The van der Waals surface area contributed by atoms with Gasteiger partial charge in [0.1, 0.15) is 5.82 Å². The summed E-state index contributed by atoms with van der Waals surface area (Å²) < 4.78 is 13.4. The van der Waals surface area contributed by atoms with Crippen molar-refractivity contribution < 1.29 is 4.39 Å². The fourth-order valence-electron chi connectivity index (χ4n) is 2.71. The monoisotopic (exact) mass is 287 g/mol. The molecule has 0 heterocycles. The van der Waals surface area contributed by atoms with Crippen molar-refractivity contribution in [1.29, 1.82) is 0 Å². The molecule has 2 aromatic carbocycles. The number of halogens is 1. The molecule has 3 rings (SSSR count). The smallest absolute Gasteiger partial charge is 0.123 e. The molecule has 0 saturated heterocycles. The van der Waals surface area contributed by atoms with Crippen LogP contribution in [0.5, 0.6) is 0 Å². The van der Waals surface area contributed by atoms with Crippen LogP contribution >= 0.6 is 11.8 Å². The Morgan fingerprint density at radius 3 is 2.70 bits per heavy atom. The Bertz CT molecular complexity index is 637. The Morgan fingerprint density at radius 1 is 1.10 bits per heavy atom. The van der Waals surface area contributed by atoms with Crippen LogP contribution in [-0.4, -0.2) is 0 Å². The van der Waals surface area contributed by atoms with E-state index in [2.05, 4.69) is 18.2 Å². The molecule has 2 aromatic rings. The number of nitrogens with two attached hydrogens (primary N) is 1. The van der Waals surface area contributed by atoms with Crippen molar-refractivity contribution >= 4 is 11.8 Å². The molecule has 0 saturated carbocycles. The second kappa shape index (κ2) is 5.58. The number of rotatable bonds is 3. The van der Waals surface area contributed by atoms with Crippen molar-refractivity contribution in [2.45, 2.75) is 42.0 Å². The van der Waals surface area contributed by atoms with Gasteiger partial charge < -0.3 is 5.73 Å². The lowest BCUT2D eigenvalue weighted by Crippen LogP contribution is -2.06. The van der Waals surface area contributed by atoms with Gasteiger partial charge in [-0.2, -0.15) is 0 Å². The van der Waals surface area contributed by atoms with Crippen LogP contribution in [0, 0.1) is 5.82 Å². The SMILES string of the molecule is C[C@@H](N)c1cc(F)ccc1Sc1ccc2c(c1)CCC2. The Balaban J connectivity index is 1.91. The van der Waals surface area contributed by atoms with E-state index in [-0.39, 0.29) is 11.9 Å². The lowest BCUT2D eigenvalue weighted by Gasteiger charge is -2.13. The zero-order valence-electron chi connectivity index (χ0n) is 11.5. The first-order valence-corrected chi connectivity index (χ1v) is 7.80. The quantitative estimate of drug-likeness (QED) is 0.900. The number of fused-ring (bicyclic) bond motifs is 1. The third kappa shape index (κ3) is 2.74. The van der Waals surface area contributed by atoms with Gasteiger partial charge in [0.15, 0.2) is 0 Å². The highest BCUT2D eigenvalue weighted by molar-refractivity contribution is 7.99. The van der Waals surface area contributed by atoms with Gasteiger partial charge in [0.25, 0.3) is 0 Å². The van der Waals surface area contributed by atoms with Crippen LogP contribution in [0.4, 0.5) is 4.39 Å². The summed E-state index contributed by atoms with van der Waals surface area (Å²) >= 11 is 1.67. The van der Waals surface area contributed by atoms with E-state index in [9.17, 15) is 4.39 Å². The third-order valence-corrected chi connectivity index (χ3v) is 4.84. The van der Waals surface area contributed by atoms with Crippen molar-refractivity contribution in [2.75, 3.05) is 0 Å². The molecule has 0 bridgehead atoms. The second-order valence-electron chi connectivity index (χ2n) is 5.36. The average Bonchev–Trinajstić information content (AvgIpc) is 2.88. The molecule has 1 aliphatic carbocycles. The summed E-state index contributed by atoms with van der Waals surface area (Å²) in [7, 11) is 0. The van der Waals surface area contributed by atoms with Gasteiger partial charge in [-0.25, -0.2) is 4.39 Å². The lowest BCUT2D eigenvalue weighted by atomic mass is 10.1. The minimum atomic E-state index is -0.226. The van der Waals surface area contributed by atoms with Crippen LogP contribution in [0.25, 0.3) is 0 Å². The summed E-state index contributed by atoms with van der Waals surface area (Å²) in [5.41, 5.74) is 9.75. The minimum Gasteiger partial charge on any atom is -0.324 e. The van der Waals surface area contributed by atoms with Gasteiger partial charge in [0, 0.05) is 15.8 Å². The van der Waals surface area contributed by atoms with E-state index in [0.717, 1.165) is 10.5 Å². The van der Waals surface area contributed by atoms with E-state index in [4.69, 9.17) is 5.73 Å². The summed E-state index contributed by atoms with van der Waals surface area (Å²) in [5.74, 6) is -0.226. The predicted octanol–water partition coefficient (Wildman–Crippen LogP) is 4.49. The Hall–Kier alpha value is -1.32. The topological polar surface area (TPSA) is 26.0 Å². The van der Waals surface area contributed by atoms with Crippen molar-refractivity contribution in [3.63, 3.8) is 0 Å². The molecular formula is C17H18FNS. The molecule has 0 aromatic heterocycles. The first-order chi connectivity index (χ1) is 9.63. The van der Waals surface area contributed by atoms with Gasteiger partial charge in [-0.1, -0.05) is 17.8 Å². The molecule has 2 N–H and O–H groups in total. The second-order valence-corrected chi connectivity index (χ2v) is 6.47. The van der Waals surface area contributed by atoms with Crippen molar-refractivity contribution in [3.8, 4) is 0 Å². The molecule has 0 aliphatic heterocycles. The van der Waals surface area contributed by atoms with Crippen LogP contribution < -0.4 is 5.73 Å². The maximum absolute atomic E-state index is 13.4. The highest BCUT2D eigenvalue weighted by atomic mass is 32.2. The molecule has 104 valence electrons. The molecule has 20 heavy (non-hydrogen) atoms. The van der Waals surface area contributed by atoms with Crippen LogP contribution in [-0.2, 0) is 12.8 Å². The van der Waals surface area contributed by atoms with Gasteiger partial charge >= 0.3 is 0 Å². The fraction of sp³-hybridized carbons (Fsp3) is 0.294.